The van der Waals surface area contributed by atoms with Crippen molar-refractivity contribution in [3.63, 3.8) is 0 Å². The van der Waals surface area contributed by atoms with E-state index >= 15 is 0 Å². The quantitative estimate of drug-likeness (QED) is 0.754. The summed E-state index contributed by atoms with van der Waals surface area (Å²) in [4.78, 5) is 11.1. The highest BCUT2D eigenvalue weighted by atomic mass is 79.9. The van der Waals surface area contributed by atoms with Gasteiger partial charge in [-0.1, -0.05) is 20.8 Å². The van der Waals surface area contributed by atoms with Crippen LogP contribution in [0.25, 0.3) is 0 Å². The number of carbonyl (C=O) groups excluding carboxylic acids is 1. The molecule has 0 spiro atoms. The van der Waals surface area contributed by atoms with Gasteiger partial charge < -0.3 is 9.74 Å². The molecule has 0 radical (unpaired) electrons. The van der Waals surface area contributed by atoms with Crippen molar-refractivity contribution in [2.45, 2.75) is 45.8 Å². The van der Waals surface area contributed by atoms with Gasteiger partial charge in [0, 0.05) is 11.4 Å². The molecule has 0 unspecified atom stereocenters. The number of amides is 1. The third kappa shape index (κ3) is 4.35. The first-order valence-corrected chi connectivity index (χ1v) is 10.0. The molecule has 0 saturated carbocycles. The second-order valence-corrected chi connectivity index (χ2v) is 10.2. The summed E-state index contributed by atoms with van der Waals surface area (Å²) in [5, 5.41) is 2.78. The van der Waals surface area contributed by atoms with Gasteiger partial charge in [0.2, 0.25) is 14.2 Å². The molecule has 0 aliphatic heterocycles. The van der Waals surface area contributed by atoms with Gasteiger partial charge in [-0.05, 0) is 52.3 Å². The smallest absolute Gasteiger partial charge is 0.250 e. The number of benzene rings is 1. The first-order chi connectivity index (χ1) is 8.96. The predicted octanol–water partition coefficient (Wildman–Crippen LogP) is 4.79. The molecule has 1 amide bonds. The number of rotatable bonds is 6. The van der Waals surface area contributed by atoms with Crippen molar-refractivity contribution in [3.8, 4) is 5.75 Å². The third-order valence-corrected chi connectivity index (χ3v) is 8.71. The van der Waals surface area contributed by atoms with Gasteiger partial charge in [0.15, 0.2) is 0 Å². The molecule has 5 heteroatoms. The highest BCUT2D eigenvalue weighted by Gasteiger charge is 2.30. The van der Waals surface area contributed by atoms with Crippen molar-refractivity contribution >= 4 is 35.8 Å². The number of anilines is 1. The normalized spacial score (nSPS) is 11.2. The molecule has 1 aromatic carbocycles. The van der Waals surface area contributed by atoms with Crippen molar-refractivity contribution in [1.82, 2.24) is 0 Å². The summed E-state index contributed by atoms with van der Waals surface area (Å²) in [6.45, 7) is 8.12. The van der Waals surface area contributed by atoms with E-state index < -0.39 is 8.32 Å². The van der Waals surface area contributed by atoms with E-state index in [-0.39, 0.29) is 5.91 Å². The number of nitrogens with one attached hydrogen (secondary N) is 1. The van der Waals surface area contributed by atoms with Crippen LogP contribution >= 0.6 is 15.9 Å². The molecular formula is C14H22BrNO2Si. The van der Waals surface area contributed by atoms with Gasteiger partial charge in [-0.15, -0.1) is 0 Å². The van der Waals surface area contributed by atoms with Crippen molar-refractivity contribution < 1.29 is 9.22 Å². The monoisotopic (exact) mass is 343 g/mol. The van der Waals surface area contributed by atoms with Crippen LogP contribution in [-0.4, -0.2) is 14.2 Å². The molecule has 3 nitrogen and oxygen atoms in total. The minimum atomic E-state index is -1.64. The highest BCUT2D eigenvalue weighted by Crippen LogP contribution is 2.31. The Morgan fingerprint density at radius 3 is 2.26 bits per heavy atom. The molecule has 0 aliphatic carbocycles. The lowest BCUT2D eigenvalue weighted by Gasteiger charge is -2.29. The number of hydrogen-bond acceptors (Lipinski definition) is 2. The van der Waals surface area contributed by atoms with Gasteiger partial charge in [-0.2, -0.15) is 0 Å². The fourth-order valence-electron chi connectivity index (χ4n) is 2.07. The molecule has 0 atom stereocenters. The van der Waals surface area contributed by atoms with Crippen LogP contribution < -0.4 is 9.74 Å². The van der Waals surface area contributed by atoms with Gasteiger partial charge in [0.1, 0.15) is 5.75 Å². The largest absolute Gasteiger partial charge is 0.543 e. The Bertz CT molecular complexity index is 439. The van der Waals surface area contributed by atoms with Gasteiger partial charge >= 0.3 is 0 Å². The molecule has 1 rings (SSSR count). The Kier molecular flexibility index (Phi) is 6.07. The van der Waals surface area contributed by atoms with Crippen molar-refractivity contribution in [2.24, 2.45) is 0 Å². The van der Waals surface area contributed by atoms with Crippen LogP contribution in [0, 0.1) is 0 Å². The molecule has 19 heavy (non-hydrogen) atoms. The van der Waals surface area contributed by atoms with E-state index in [0.717, 1.165) is 34.0 Å². The summed E-state index contributed by atoms with van der Waals surface area (Å²) in [5.74, 6) is 0.812. The fraction of sp³-hybridized carbons (Fsp3) is 0.500. The summed E-state index contributed by atoms with van der Waals surface area (Å²) in [6.07, 6.45) is 0. The van der Waals surface area contributed by atoms with Crippen LogP contribution in [-0.2, 0) is 4.79 Å². The summed E-state index contributed by atoms with van der Waals surface area (Å²) in [6, 6.07) is 9.09. The van der Waals surface area contributed by atoms with E-state index in [1.165, 1.54) is 6.92 Å². The van der Waals surface area contributed by atoms with E-state index in [4.69, 9.17) is 4.43 Å². The van der Waals surface area contributed by atoms with Crippen molar-refractivity contribution in [2.75, 3.05) is 5.32 Å². The Hall–Kier alpha value is -0.813. The lowest BCUT2D eigenvalue weighted by Crippen LogP contribution is -2.39. The van der Waals surface area contributed by atoms with Crippen LogP contribution in [0.15, 0.2) is 22.7 Å². The summed E-state index contributed by atoms with van der Waals surface area (Å²) in [5.41, 5.74) is 0.775. The summed E-state index contributed by atoms with van der Waals surface area (Å²) in [7, 11) is -1.64. The van der Waals surface area contributed by atoms with Crippen molar-refractivity contribution in [1.29, 1.82) is 0 Å². The topological polar surface area (TPSA) is 38.3 Å². The lowest BCUT2D eigenvalue weighted by molar-refractivity contribution is -0.114. The molecule has 0 bridgehead atoms. The molecule has 0 fully saturated rings. The number of halogens is 1. The average molecular weight is 344 g/mol. The van der Waals surface area contributed by atoms with Gasteiger partial charge in [-0.25, -0.2) is 0 Å². The zero-order valence-electron chi connectivity index (χ0n) is 12.0. The number of hydrogen-bond donors (Lipinski definition) is 1. The van der Waals surface area contributed by atoms with Crippen LogP contribution in [0.4, 0.5) is 5.69 Å². The molecule has 1 aromatic rings. The summed E-state index contributed by atoms with van der Waals surface area (Å²) >= 11 is 3.47. The summed E-state index contributed by atoms with van der Waals surface area (Å²) < 4.78 is 7.14. The van der Waals surface area contributed by atoms with E-state index in [0.29, 0.717) is 0 Å². The zero-order chi connectivity index (χ0) is 14.5. The molecule has 106 valence electrons. The first-order valence-electron chi connectivity index (χ1n) is 6.72. The van der Waals surface area contributed by atoms with Crippen LogP contribution in [0.5, 0.6) is 5.75 Å². The second-order valence-electron chi connectivity index (χ2n) is 4.67. The van der Waals surface area contributed by atoms with Gasteiger partial charge in [0.25, 0.3) is 0 Å². The maximum absolute atomic E-state index is 11.1. The van der Waals surface area contributed by atoms with Crippen LogP contribution in [0.1, 0.15) is 27.7 Å². The molecule has 0 aromatic heterocycles. The Morgan fingerprint density at radius 1 is 1.26 bits per heavy atom. The lowest BCUT2D eigenvalue weighted by atomic mass is 10.3. The molecule has 0 saturated heterocycles. The Balaban J connectivity index is 2.92. The van der Waals surface area contributed by atoms with Gasteiger partial charge in [-0.3, -0.25) is 4.79 Å². The fourth-order valence-corrected chi connectivity index (χ4v) is 5.08. The third-order valence-electron chi connectivity index (χ3n) is 3.52. The number of carbonyl (C=O) groups is 1. The minimum Gasteiger partial charge on any atom is -0.543 e. The average Bonchev–Trinajstić information content (AvgIpc) is 2.39. The second kappa shape index (κ2) is 7.10. The predicted molar refractivity (Wildman–Crippen MR) is 86.3 cm³/mol. The van der Waals surface area contributed by atoms with E-state index in [1.807, 2.05) is 18.2 Å². The standard InChI is InChI=1S/C14H22BrNO2Si/c1-5-19(6-2,7-3)18-12-8-9-14(13(15)10-12)16-11(4)17/h8-10H,5-7H2,1-4H3,(H,16,17). The maximum atomic E-state index is 11.1. The molecular weight excluding hydrogens is 322 g/mol. The first kappa shape index (κ1) is 16.2. The van der Waals surface area contributed by atoms with Gasteiger partial charge in [0.05, 0.1) is 5.69 Å². The van der Waals surface area contributed by atoms with E-state index in [2.05, 4.69) is 42.0 Å². The molecule has 1 N–H and O–H groups in total. The van der Waals surface area contributed by atoms with Crippen molar-refractivity contribution in [3.05, 3.63) is 22.7 Å². The highest BCUT2D eigenvalue weighted by molar-refractivity contribution is 9.10. The Morgan fingerprint density at radius 2 is 1.84 bits per heavy atom. The van der Waals surface area contributed by atoms with Crippen LogP contribution in [0.2, 0.25) is 18.1 Å². The minimum absolute atomic E-state index is 0.0752. The molecule has 0 aliphatic rings. The van der Waals surface area contributed by atoms with Crippen LogP contribution in [0.3, 0.4) is 0 Å². The van der Waals surface area contributed by atoms with E-state index in [9.17, 15) is 4.79 Å². The Labute approximate surface area is 125 Å². The SMILES string of the molecule is CC[Si](CC)(CC)Oc1ccc(NC(C)=O)c(Br)c1. The zero-order valence-corrected chi connectivity index (χ0v) is 14.6. The maximum Gasteiger partial charge on any atom is 0.250 e. The molecule has 0 heterocycles. The van der Waals surface area contributed by atoms with E-state index in [1.54, 1.807) is 0 Å².